The smallest absolute Gasteiger partial charge is 0.144 e. The van der Waals surface area contributed by atoms with Crippen molar-refractivity contribution in [2.45, 2.75) is 38.0 Å². The number of hydrogen-bond acceptors (Lipinski definition) is 2. The van der Waals surface area contributed by atoms with Gasteiger partial charge < -0.3 is 9.47 Å². The number of hydrogen-bond donors (Lipinski definition) is 0. The summed E-state index contributed by atoms with van der Waals surface area (Å²) in [6, 6.07) is 18.1. The summed E-state index contributed by atoms with van der Waals surface area (Å²) in [4.78, 5) is 0. The molecule has 164 valence electrons. The van der Waals surface area contributed by atoms with Gasteiger partial charge in [-0.3, -0.25) is 0 Å². The van der Waals surface area contributed by atoms with Crippen LogP contribution >= 0.6 is 11.6 Å². The largest absolute Gasteiger partial charge is 0.496 e. The Labute approximate surface area is 192 Å². The zero-order chi connectivity index (χ0) is 22.2. The quantitative estimate of drug-likeness (QED) is 0.289. The van der Waals surface area contributed by atoms with E-state index in [1.165, 1.54) is 21.9 Å². The van der Waals surface area contributed by atoms with E-state index < -0.39 is 0 Å². The first kappa shape index (κ1) is 21.1. The lowest BCUT2D eigenvalue weighted by Crippen LogP contribution is -2.12. The van der Waals surface area contributed by atoms with Gasteiger partial charge in [-0.25, -0.2) is 4.39 Å². The molecule has 1 unspecified atom stereocenters. The van der Waals surface area contributed by atoms with Crippen LogP contribution in [-0.4, -0.2) is 14.2 Å². The Balaban J connectivity index is 1.59. The maximum Gasteiger partial charge on any atom is 0.144 e. The van der Waals surface area contributed by atoms with Gasteiger partial charge in [0, 0.05) is 0 Å². The van der Waals surface area contributed by atoms with Gasteiger partial charge in [0.1, 0.15) is 17.3 Å². The van der Waals surface area contributed by atoms with Gasteiger partial charge in [0.2, 0.25) is 0 Å². The molecule has 1 aliphatic rings. The van der Waals surface area contributed by atoms with E-state index in [0.717, 1.165) is 48.0 Å². The molecule has 4 heteroatoms. The van der Waals surface area contributed by atoms with Crippen molar-refractivity contribution in [1.29, 1.82) is 0 Å². The van der Waals surface area contributed by atoms with Crippen LogP contribution < -0.4 is 9.47 Å². The maximum atomic E-state index is 14.4. The molecule has 0 fully saturated rings. The second-order valence-corrected chi connectivity index (χ2v) is 8.94. The summed E-state index contributed by atoms with van der Waals surface area (Å²) in [5.74, 6) is 1.78. The molecule has 4 aromatic carbocycles. The third-order valence-corrected chi connectivity index (χ3v) is 7.18. The van der Waals surface area contributed by atoms with Crippen LogP contribution in [0.15, 0.2) is 54.6 Å². The SMILES string of the molecule is COc1cccc2c1c(OC)cc1c3c(ccc12)C(CCc1cccc(Cl)c1F)CCC3. The van der Waals surface area contributed by atoms with Gasteiger partial charge in [0.15, 0.2) is 0 Å². The van der Waals surface area contributed by atoms with Crippen molar-refractivity contribution in [2.24, 2.45) is 0 Å². The molecule has 0 bridgehead atoms. The number of methoxy groups -OCH3 is 2. The van der Waals surface area contributed by atoms with Crippen molar-refractivity contribution >= 4 is 33.1 Å². The van der Waals surface area contributed by atoms with Gasteiger partial charge >= 0.3 is 0 Å². The van der Waals surface area contributed by atoms with Crippen molar-refractivity contribution in [2.75, 3.05) is 14.2 Å². The zero-order valence-electron chi connectivity index (χ0n) is 18.4. The predicted molar refractivity (Wildman–Crippen MR) is 130 cm³/mol. The van der Waals surface area contributed by atoms with Gasteiger partial charge in [0.05, 0.1) is 24.6 Å². The van der Waals surface area contributed by atoms with Crippen molar-refractivity contribution in [3.8, 4) is 11.5 Å². The molecule has 0 saturated carbocycles. The number of aryl methyl sites for hydroxylation is 2. The van der Waals surface area contributed by atoms with Crippen LogP contribution in [0.5, 0.6) is 11.5 Å². The minimum atomic E-state index is -0.283. The molecule has 0 aromatic heterocycles. The molecule has 0 aliphatic heterocycles. The number of benzene rings is 4. The Morgan fingerprint density at radius 2 is 1.75 bits per heavy atom. The van der Waals surface area contributed by atoms with E-state index in [2.05, 4.69) is 24.3 Å². The van der Waals surface area contributed by atoms with Crippen molar-refractivity contribution in [3.63, 3.8) is 0 Å². The maximum absolute atomic E-state index is 14.4. The fourth-order valence-electron chi connectivity index (χ4n) is 5.34. The monoisotopic (exact) mass is 448 g/mol. The summed E-state index contributed by atoms with van der Waals surface area (Å²) in [7, 11) is 3.41. The first-order valence-corrected chi connectivity index (χ1v) is 11.5. The van der Waals surface area contributed by atoms with Crippen LogP contribution in [0.2, 0.25) is 5.02 Å². The molecule has 0 saturated heterocycles. The van der Waals surface area contributed by atoms with Crippen LogP contribution in [0.3, 0.4) is 0 Å². The fourth-order valence-corrected chi connectivity index (χ4v) is 5.53. The number of rotatable bonds is 5. The predicted octanol–water partition coefficient (Wildman–Crippen LogP) is 7.86. The molecule has 1 atom stereocenters. The molecule has 1 aliphatic carbocycles. The molecule has 0 radical (unpaired) electrons. The fraction of sp³-hybridized carbons (Fsp3) is 0.286. The van der Waals surface area contributed by atoms with E-state index in [1.54, 1.807) is 20.3 Å². The molecular weight excluding hydrogens is 423 g/mol. The highest BCUT2D eigenvalue weighted by molar-refractivity contribution is 6.30. The highest BCUT2D eigenvalue weighted by Crippen LogP contribution is 2.44. The van der Waals surface area contributed by atoms with Crippen LogP contribution in [0.4, 0.5) is 4.39 Å². The average molecular weight is 449 g/mol. The molecule has 5 rings (SSSR count). The highest BCUT2D eigenvalue weighted by atomic mass is 35.5. The minimum absolute atomic E-state index is 0.201. The molecule has 32 heavy (non-hydrogen) atoms. The lowest BCUT2D eigenvalue weighted by atomic mass is 9.77. The van der Waals surface area contributed by atoms with Crippen LogP contribution in [0.25, 0.3) is 21.5 Å². The molecule has 2 nitrogen and oxygen atoms in total. The number of halogens is 2. The van der Waals surface area contributed by atoms with Crippen molar-refractivity contribution in [3.05, 3.63) is 82.1 Å². The molecule has 0 N–H and O–H groups in total. The topological polar surface area (TPSA) is 18.5 Å². The van der Waals surface area contributed by atoms with E-state index in [9.17, 15) is 4.39 Å². The van der Waals surface area contributed by atoms with Gasteiger partial charge in [-0.15, -0.1) is 0 Å². The molecule has 0 amide bonds. The first-order chi connectivity index (χ1) is 15.6. The Morgan fingerprint density at radius 3 is 2.56 bits per heavy atom. The van der Waals surface area contributed by atoms with Gasteiger partial charge in [-0.2, -0.15) is 0 Å². The highest BCUT2D eigenvalue weighted by Gasteiger charge is 2.24. The summed E-state index contributed by atoms with van der Waals surface area (Å²) in [5, 5.41) is 4.82. The van der Waals surface area contributed by atoms with E-state index >= 15 is 0 Å². The van der Waals surface area contributed by atoms with Crippen LogP contribution in [0.1, 0.15) is 41.9 Å². The first-order valence-electron chi connectivity index (χ1n) is 11.1. The third-order valence-electron chi connectivity index (χ3n) is 6.88. The number of fused-ring (bicyclic) bond motifs is 5. The van der Waals surface area contributed by atoms with E-state index in [1.807, 2.05) is 24.3 Å². The van der Waals surface area contributed by atoms with E-state index in [-0.39, 0.29) is 10.8 Å². The van der Waals surface area contributed by atoms with Gasteiger partial charge in [0.25, 0.3) is 0 Å². The Morgan fingerprint density at radius 1 is 0.938 bits per heavy atom. The lowest BCUT2D eigenvalue weighted by Gasteiger charge is -2.27. The second-order valence-electron chi connectivity index (χ2n) is 8.53. The van der Waals surface area contributed by atoms with Crippen LogP contribution in [-0.2, 0) is 12.8 Å². The average Bonchev–Trinajstić information content (AvgIpc) is 2.83. The second kappa shape index (κ2) is 8.63. The molecule has 0 spiro atoms. The normalized spacial score (nSPS) is 15.7. The van der Waals surface area contributed by atoms with Gasteiger partial charge in [-0.05, 0) is 89.1 Å². The summed E-state index contributed by atoms with van der Waals surface area (Å²) < 4.78 is 25.8. The Kier molecular flexibility index (Phi) is 5.69. The van der Waals surface area contributed by atoms with E-state index in [4.69, 9.17) is 21.1 Å². The van der Waals surface area contributed by atoms with Crippen molar-refractivity contribution < 1.29 is 13.9 Å². The summed E-state index contributed by atoms with van der Waals surface area (Å²) in [5.41, 5.74) is 3.48. The van der Waals surface area contributed by atoms with Crippen LogP contribution in [0, 0.1) is 5.82 Å². The molecule has 0 heterocycles. The summed E-state index contributed by atoms with van der Waals surface area (Å²) >= 11 is 5.98. The molecule has 4 aromatic rings. The number of ether oxygens (including phenoxy) is 2. The standard InChI is InChI=1S/C28H26ClFO2/c1-31-25-11-5-9-22-21-15-14-19-17(12-13-18-7-4-10-24(29)28(18)30)6-3-8-20(19)23(21)16-26(32-2)27(22)25/h4-5,7,9-11,14-17H,3,6,8,12-13H2,1-2H3. The molecular formula is C28H26ClFO2. The Bertz CT molecular complexity index is 1310. The lowest BCUT2D eigenvalue weighted by molar-refractivity contribution is 0.405. The summed E-state index contributed by atoms with van der Waals surface area (Å²) in [6.45, 7) is 0. The minimum Gasteiger partial charge on any atom is -0.496 e. The van der Waals surface area contributed by atoms with Crippen molar-refractivity contribution in [1.82, 2.24) is 0 Å². The van der Waals surface area contributed by atoms with Gasteiger partial charge in [-0.1, -0.05) is 48.0 Å². The Hall–Kier alpha value is -2.78. The zero-order valence-corrected chi connectivity index (χ0v) is 19.1. The summed E-state index contributed by atoms with van der Waals surface area (Å²) in [6.07, 6.45) is 4.90. The van der Waals surface area contributed by atoms with E-state index in [0.29, 0.717) is 17.9 Å². The third kappa shape index (κ3) is 3.49.